The van der Waals surface area contributed by atoms with Gasteiger partial charge in [0.15, 0.2) is 0 Å². The number of carbonyl (C=O) groups excluding carboxylic acids is 1. The van der Waals surface area contributed by atoms with Crippen molar-refractivity contribution < 1.29 is 19.1 Å². The Kier molecular flexibility index (Phi) is 4.14. The van der Waals surface area contributed by atoms with Crippen molar-refractivity contribution in [2.75, 3.05) is 6.54 Å². The number of carboxylic acids is 1. The first-order valence-corrected chi connectivity index (χ1v) is 5.06. The number of rotatable bonds is 4. The Bertz CT molecular complexity index is 417. The lowest BCUT2D eigenvalue weighted by molar-refractivity contribution is -0.138. The van der Waals surface area contributed by atoms with Gasteiger partial charge in [-0.3, -0.25) is 9.59 Å². The molecule has 1 amide bonds. The zero-order chi connectivity index (χ0) is 13.0. The molecule has 6 heteroatoms. The van der Waals surface area contributed by atoms with E-state index in [0.717, 1.165) is 12.3 Å². The molecule has 0 bridgehead atoms. The Balaban J connectivity index is 2.91. The van der Waals surface area contributed by atoms with Crippen molar-refractivity contribution in [2.24, 2.45) is 0 Å². The van der Waals surface area contributed by atoms with Crippen LogP contribution in [0.4, 0.5) is 4.39 Å². The summed E-state index contributed by atoms with van der Waals surface area (Å²) in [6, 6.07) is 2.08. The number of nitrogens with zero attached hydrogens (tertiary/aromatic N) is 2. The summed E-state index contributed by atoms with van der Waals surface area (Å²) >= 11 is 0. The second-order valence-electron chi connectivity index (χ2n) is 3.79. The van der Waals surface area contributed by atoms with Crippen LogP contribution in [0.5, 0.6) is 0 Å². The van der Waals surface area contributed by atoms with Gasteiger partial charge in [-0.2, -0.15) is 4.39 Å². The topological polar surface area (TPSA) is 70.5 Å². The Morgan fingerprint density at radius 2 is 2.12 bits per heavy atom. The van der Waals surface area contributed by atoms with Crippen LogP contribution in [0.2, 0.25) is 0 Å². The van der Waals surface area contributed by atoms with E-state index in [4.69, 9.17) is 5.11 Å². The highest BCUT2D eigenvalue weighted by molar-refractivity contribution is 5.95. The van der Waals surface area contributed by atoms with Crippen molar-refractivity contribution in [1.29, 1.82) is 0 Å². The van der Waals surface area contributed by atoms with Crippen LogP contribution in [0.3, 0.4) is 0 Å². The van der Waals surface area contributed by atoms with E-state index in [1.165, 1.54) is 11.0 Å². The fourth-order valence-corrected chi connectivity index (χ4v) is 1.30. The maximum absolute atomic E-state index is 12.6. The minimum Gasteiger partial charge on any atom is -0.480 e. The standard InChI is InChI=1S/C11H13FN2O3/c1-7(2)14(6-10(15)16)11(17)8-3-4-9(12)13-5-8/h3-5,7H,6H2,1-2H3,(H,15,16). The molecule has 0 aromatic carbocycles. The molecule has 1 rings (SSSR count). The van der Waals surface area contributed by atoms with Crippen LogP contribution in [-0.4, -0.2) is 39.5 Å². The zero-order valence-electron chi connectivity index (χ0n) is 9.55. The number of aromatic nitrogens is 1. The molecule has 17 heavy (non-hydrogen) atoms. The summed E-state index contributed by atoms with van der Waals surface area (Å²) in [5.41, 5.74) is 0.168. The fraction of sp³-hybridized carbons (Fsp3) is 0.364. The Labute approximate surface area is 97.9 Å². The van der Waals surface area contributed by atoms with Crippen molar-refractivity contribution >= 4 is 11.9 Å². The lowest BCUT2D eigenvalue weighted by Crippen LogP contribution is -2.40. The van der Waals surface area contributed by atoms with E-state index in [2.05, 4.69) is 4.98 Å². The van der Waals surface area contributed by atoms with Gasteiger partial charge in [0.2, 0.25) is 5.95 Å². The fourth-order valence-electron chi connectivity index (χ4n) is 1.30. The third kappa shape index (κ3) is 3.51. The Morgan fingerprint density at radius 1 is 1.47 bits per heavy atom. The molecular weight excluding hydrogens is 227 g/mol. The summed E-state index contributed by atoms with van der Waals surface area (Å²) < 4.78 is 12.6. The molecule has 1 heterocycles. The van der Waals surface area contributed by atoms with Gasteiger partial charge >= 0.3 is 5.97 Å². The highest BCUT2D eigenvalue weighted by atomic mass is 19.1. The van der Waals surface area contributed by atoms with Crippen molar-refractivity contribution in [3.63, 3.8) is 0 Å². The van der Waals surface area contributed by atoms with Crippen molar-refractivity contribution in [3.8, 4) is 0 Å². The van der Waals surface area contributed by atoms with E-state index in [9.17, 15) is 14.0 Å². The first kappa shape index (κ1) is 13.1. The average Bonchev–Trinajstić information content (AvgIpc) is 2.25. The molecule has 1 aromatic rings. The number of carboxylic acid groups (broad SMARTS) is 1. The number of hydrogen-bond donors (Lipinski definition) is 1. The molecule has 5 nitrogen and oxygen atoms in total. The molecule has 1 N–H and O–H groups in total. The predicted octanol–water partition coefficient (Wildman–Crippen LogP) is 1.16. The van der Waals surface area contributed by atoms with Crippen LogP contribution >= 0.6 is 0 Å². The number of aliphatic carboxylic acids is 1. The SMILES string of the molecule is CC(C)N(CC(=O)O)C(=O)c1ccc(F)nc1. The third-order valence-electron chi connectivity index (χ3n) is 2.16. The van der Waals surface area contributed by atoms with Crippen molar-refractivity contribution in [1.82, 2.24) is 9.88 Å². The molecule has 0 aliphatic rings. The molecule has 0 saturated carbocycles. The minimum absolute atomic E-state index is 0.168. The quantitative estimate of drug-likeness (QED) is 0.801. The van der Waals surface area contributed by atoms with Crippen molar-refractivity contribution in [3.05, 3.63) is 29.8 Å². The summed E-state index contributed by atoms with van der Waals surface area (Å²) in [4.78, 5) is 27.1. The van der Waals surface area contributed by atoms with Gasteiger partial charge in [-0.15, -0.1) is 0 Å². The van der Waals surface area contributed by atoms with E-state index in [-0.39, 0.29) is 11.6 Å². The van der Waals surface area contributed by atoms with Gasteiger partial charge in [0.25, 0.3) is 5.91 Å². The number of halogens is 1. The number of amides is 1. The van der Waals surface area contributed by atoms with Gasteiger partial charge in [0.1, 0.15) is 6.54 Å². The van der Waals surface area contributed by atoms with Gasteiger partial charge in [-0.25, -0.2) is 4.98 Å². The van der Waals surface area contributed by atoms with Gasteiger partial charge in [0.05, 0.1) is 5.56 Å². The second-order valence-corrected chi connectivity index (χ2v) is 3.79. The maximum Gasteiger partial charge on any atom is 0.323 e. The lowest BCUT2D eigenvalue weighted by atomic mass is 10.2. The molecule has 0 aliphatic carbocycles. The van der Waals surface area contributed by atoms with Gasteiger partial charge in [-0.05, 0) is 26.0 Å². The largest absolute Gasteiger partial charge is 0.480 e. The normalized spacial score (nSPS) is 10.4. The Morgan fingerprint density at radius 3 is 2.53 bits per heavy atom. The summed E-state index contributed by atoms with van der Waals surface area (Å²) in [6.45, 7) is 3.02. The van der Waals surface area contributed by atoms with Gasteiger partial charge in [0, 0.05) is 12.2 Å². The van der Waals surface area contributed by atoms with Crippen LogP contribution in [0, 0.1) is 5.95 Å². The van der Waals surface area contributed by atoms with Gasteiger partial charge < -0.3 is 10.0 Å². The molecule has 0 spiro atoms. The second kappa shape index (κ2) is 5.38. The van der Waals surface area contributed by atoms with E-state index in [1.54, 1.807) is 13.8 Å². The minimum atomic E-state index is -1.10. The number of hydrogen-bond acceptors (Lipinski definition) is 3. The molecule has 0 unspecified atom stereocenters. The molecular formula is C11H13FN2O3. The molecule has 1 aromatic heterocycles. The first-order chi connectivity index (χ1) is 7.91. The van der Waals surface area contributed by atoms with E-state index in [1.807, 2.05) is 0 Å². The van der Waals surface area contributed by atoms with E-state index < -0.39 is 24.4 Å². The summed E-state index contributed by atoms with van der Waals surface area (Å²) in [5, 5.41) is 8.70. The number of carbonyl (C=O) groups is 2. The highest BCUT2D eigenvalue weighted by Gasteiger charge is 2.21. The van der Waals surface area contributed by atoms with Crippen molar-refractivity contribution in [2.45, 2.75) is 19.9 Å². The van der Waals surface area contributed by atoms with Gasteiger partial charge in [-0.1, -0.05) is 0 Å². The Hall–Kier alpha value is -1.98. The highest BCUT2D eigenvalue weighted by Crippen LogP contribution is 2.08. The molecule has 0 saturated heterocycles. The molecule has 0 radical (unpaired) electrons. The monoisotopic (exact) mass is 240 g/mol. The summed E-state index contributed by atoms with van der Waals surface area (Å²) in [7, 11) is 0. The summed E-state index contributed by atoms with van der Waals surface area (Å²) in [6.07, 6.45) is 1.09. The molecule has 92 valence electrons. The zero-order valence-corrected chi connectivity index (χ0v) is 9.55. The first-order valence-electron chi connectivity index (χ1n) is 5.06. The predicted molar refractivity (Wildman–Crippen MR) is 58.0 cm³/mol. The van der Waals surface area contributed by atoms with Crippen LogP contribution in [-0.2, 0) is 4.79 Å². The van der Waals surface area contributed by atoms with Crippen LogP contribution in [0.25, 0.3) is 0 Å². The third-order valence-corrected chi connectivity index (χ3v) is 2.16. The molecule has 0 atom stereocenters. The molecule has 0 fully saturated rings. The molecule has 0 aliphatic heterocycles. The van der Waals surface area contributed by atoms with Crippen LogP contribution < -0.4 is 0 Å². The van der Waals surface area contributed by atoms with E-state index >= 15 is 0 Å². The average molecular weight is 240 g/mol. The smallest absolute Gasteiger partial charge is 0.323 e. The maximum atomic E-state index is 12.6. The lowest BCUT2D eigenvalue weighted by Gasteiger charge is -2.24. The number of pyridine rings is 1. The van der Waals surface area contributed by atoms with Crippen LogP contribution in [0.15, 0.2) is 18.3 Å². The summed E-state index contributed by atoms with van der Waals surface area (Å²) in [5.74, 6) is -2.26. The van der Waals surface area contributed by atoms with Crippen LogP contribution in [0.1, 0.15) is 24.2 Å². The van der Waals surface area contributed by atoms with E-state index in [0.29, 0.717) is 0 Å².